The van der Waals surface area contributed by atoms with Crippen molar-refractivity contribution < 1.29 is 70.7 Å². The second kappa shape index (κ2) is 36.4. The number of benzene rings is 1. The summed E-state index contributed by atoms with van der Waals surface area (Å²) < 4.78 is 42.0. The fraction of sp³-hybridized carbons (Fsp3) is 0.693. The van der Waals surface area contributed by atoms with Gasteiger partial charge in [0.2, 0.25) is 70.9 Å². The minimum absolute atomic E-state index is 0.00953. The molecule has 12 amide bonds. The summed E-state index contributed by atoms with van der Waals surface area (Å²) in [6, 6.07) is -3.73. The van der Waals surface area contributed by atoms with Crippen LogP contribution in [0.4, 0.5) is 13.2 Å². The first-order chi connectivity index (χ1) is 49.3. The van der Waals surface area contributed by atoms with E-state index >= 15 is 28.8 Å². The molecule has 1 aromatic heterocycles. The SMILES string of the molecule is CC[C@H](C)[C@@H]1NC(=O)[C@H](C)N(C)C(=O)C[C@@H](C(=O)N2CCCCC2)N(C)C(=O)[C@H](C2CCCCC2)N(C)C(=O)C2(CCCC2)NC(=O)[C@H](Cc2cccnc2)N(C)C(=O)[C@H](CCc2ccc(C(F)(F)F)c(Cl)c2)NC(=O)CN(C)C(=O)[C@H](CC2CCCCC2)N(C)C(=O)C2CCN2C(=O)CN(C)C1=O. The molecule has 3 N–H and O–H groups in total. The van der Waals surface area contributed by atoms with Crippen LogP contribution in [0.2, 0.25) is 5.02 Å². The normalized spacial score (nSPS) is 26.9. The quantitative estimate of drug-likeness (QED) is 0.233. The van der Waals surface area contributed by atoms with Gasteiger partial charge in [0.1, 0.15) is 53.9 Å². The smallest absolute Gasteiger partial charge is 0.343 e. The number of rotatable bonds is 11. The predicted octanol–water partition coefficient (Wildman–Crippen LogP) is 6.01. The van der Waals surface area contributed by atoms with Crippen molar-refractivity contribution >= 4 is 82.5 Å². The Bertz CT molecular complexity index is 3420. The number of nitrogens with zero attached hydrogens (tertiary/aromatic N) is 10. The first-order valence-corrected chi connectivity index (χ1v) is 37.7. The molecule has 29 heteroatoms. The number of amides is 12. The molecule has 0 radical (unpaired) electrons. The van der Waals surface area contributed by atoms with Gasteiger partial charge in [0.05, 0.1) is 30.1 Å². The van der Waals surface area contributed by atoms with E-state index in [0.717, 1.165) is 84.6 Å². The van der Waals surface area contributed by atoms with Crippen LogP contribution in [0, 0.1) is 17.8 Å². The van der Waals surface area contributed by atoms with Gasteiger partial charge in [-0.1, -0.05) is 108 Å². The molecule has 25 nitrogen and oxygen atoms in total. The van der Waals surface area contributed by atoms with Crippen LogP contribution >= 0.6 is 11.6 Å². The predicted molar refractivity (Wildman–Crippen MR) is 382 cm³/mol. The third kappa shape index (κ3) is 19.8. The van der Waals surface area contributed by atoms with Crippen molar-refractivity contribution in [1.29, 1.82) is 0 Å². The van der Waals surface area contributed by atoms with Crippen molar-refractivity contribution in [2.24, 2.45) is 17.8 Å². The largest absolute Gasteiger partial charge is 0.417 e. The number of halogens is 4. The van der Waals surface area contributed by atoms with Crippen molar-refractivity contribution in [2.45, 2.75) is 235 Å². The molecule has 4 heterocycles. The standard InChI is InChI=1S/C75H109ClF3N13O12/c1-11-47(2)63-71(102)85(5)46-62(95)92-39-33-56(92)69(100)88(8)58(41-49-24-15-12-16-25-49)68(99)84(4)45-60(93)81-55(32-30-50-29-31-53(54(76)40-50)75(77,78)79)67(98)87(7)57(42-51-26-23-36-80-44-51)66(97)83-74(34-19-20-35-74)73(104)90(10)64(52-27-17-13-18-28-52)72(103)89(9)59(70(101)91-37-21-14-22-38-91)43-61(94)86(6)48(3)65(96)82-63/h23,26,29,31,36,40,44,47-49,52,55-59,63-64H,11-22,24-25,27-28,30,32-35,37-39,41-43,45-46H2,1-10H3,(H,81,93)(H,82,96)(H,83,97)/t47-,48-,55-,56?,57-,58-,59-,63-,64-/m0/s1. The van der Waals surface area contributed by atoms with Gasteiger partial charge >= 0.3 is 6.18 Å². The Kier molecular flexibility index (Phi) is 28.6. The Morgan fingerprint density at radius 3 is 1.88 bits per heavy atom. The lowest BCUT2D eigenvalue weighted by Crippen LogP contribution is -2.66. The summed E-state index contributed by atoms with van der Waals surface area (Å²) in [5.41, 5.74) is -1.98. The minimum Gasteiger partial charge on any atom is -0.343 e. The Morgan fingerprint density at radius 2 is 1.28 bits per heavy atom. The van der Waals surface area contributed by atoms with Crippen molar-refractivity contribution in [2.75, 3.05) is 82.1 Å². The number of nitrogens with one attached hydrogen (secondary N) is 3. The van der Waals surface area contributed by atoms with E-state index in [9.17, 15) is 41.9 Å². The summed E-state index contributed by atoms with van der Waals surface area (Å²) >= 11 is 6.21. The zero-order chi connectivity index (χ0) is 76.1. The molecule has 3 saturated heterocycles. The first kappa shape index (κ1) is 81.8. The molecule has 2 aromatic rings. The van der Waals surface area contributed by atoms with Crippen LogP contribution in [0.25, 0.3) is 0 Å². The lowest BCUT2D eigenvalue weighted by atomic mass is 9.81. The first-order valence-electron chi connectivity index (χ1n) is 37.4. The molecule has 1 aromatic carbocycles. The highest BCUT2D eigenvalue weighted by atomic mass is 35.5. The number of hydrogen-bond donors (Lipinski definition) is 3. The van der Waals surface area contributed by atoms with Crippen molar-refractivity contribution in [1.82, 2.24) is 65.0 Å². The molecule has 8 rings (SSSR count). The molecule has 6 fully saturated rings. The molecule has 3 saturated carbocycles. The number of likely N-dealkylation sites (tertiary alicyclic amines) is 1. The summed E-state index contributed by atoms with van der Waals surface area (Å²) in [5.74, 6) is -8.85. The molecule has 9 atom stereocenters. The van der Waals surface area contributed by atoms with E-state index < -0.39 is 173 Å². The number of carbonyl (C=O) groups excluding carboxylic acids is 12. The maximum atomic E-state index is 15.9. The number of fused-ring (bicyclic) bond motifs is 1. The fourth-order valence-corrected chi connectivity index (χ4v) is 16.3. The maximum absolute atomic E-state index is 15.9. The van der Waals surface area contributed by atoms with Crippen molar-refractivity contribution in [3.8, 4) is 0 Å². The van der Waals surface area contributed by atoms with E-state index in [0.29, 0.717) is 63.6 Å². The molecule has 1 unspecified atom stereocenters. The van der Waals surface area contributed by atoms with Crippen LogP contribution in [0.3, 0.4) is 0 Å². The van der Waals surface area contributed by atoms with Gasteiger partial charge in [-0.25, -0.2) is 0 Å². The number of alkyl halides is 3. The maximum Gasteiger partial charge on any atom is 0.417 e. The second-order valence-corrected chi connectivity index (χ2v) is 30.5. The average Bonchev–Trinajstić information content (AvgIpc) is 1.33. The minimum atomic E-state index is -4.78. The average molecular weight is 1480 g/mol. The van der Waals surface area contributed by atoms with E-state index in [1.165, 1.54) is 99.2 Å². The third-order valence-electron chi connectivity index (χ3n) is 23.1. The number of piperidine rings is 1. The van der Waals surface area contributed by atoms with Crippen LogP contribution < -0.4 is 16.0 Å². The van der Waals surface area contributed by atoms with E-state index in [4.69, 9.17) is 11.6 Å². The van der Waals surface area contributed by atoms with Gasteiger partial charge in [-0.2, -0.15) is 13.2 Å². The van der Waals surface area contributed by atoms with E-state index in [1.807, 2.05) is 6.92 Å². The molecule has 3 aliphatic heterocycles. The Morgan fingerprint density at radius 1 is 0.654 bits per heavy atom. The van der Waals surface area contributed by atoms with Gasteiger partial charge in [0.15, 0.2) is 0 Å². The molecule has 3 aliphatic carbocycles. The summed E-state index contributed by atoms with van der Waals surface area (Å²) in [6.07, 6.45) is 9.07. The monoisotopic (exact) mass is 1480 g/mol. The van der Waals surface area contributed by atoms with Crippen molar-refractivity contribution in [3.05, 3.63) is 64.4 Å². The van der Waals surface area contributed by atoms with Gasteiger partial charge in [0, 0.05) is 87.8 Å². The zero-order valence-corrected chi connectivity index (χ0v) is 63.0. The number of likely N-dealkylation sites (N-methyl/N-ethyl adjacent to an activating group) is 7. The van der Waals surface area contributed by atoms with E-state index in [2.05, 4.69) is 20.9 Å². The van der Waals surface area contributed by atoms with Crippen LogP contribution in [0.15, 0.2) is 42.7 Å². The van der Waals surface area contributed by atoms with Gasteiger partial charge < -0.3 is 60.0 Å². The third-order valence-corrected chi connectivity index (χ3v) is 23.4. The summed E-state index contributed by atoms with van der Waals surface area (Å²) in [6.45, 7) is 4.79. The van der Waals surface area contributed by atoms with Gasteiger partial charge in [-0.3, -0.25) is 62.5 Å². The molecule has 6 aliphatic rings. The summed E-state index contributed by atoms with van der Waals surface area (Å²) in [7, 11) is 9.94. The van der Waals surface area contributed by atoms with Gasteiger partial charge in [0.25, 0.3) is 0 Å². The topological polar surface area (TPSA) is 283 Å². The molecule has 104 heavy (non-hydrogen) atoms. The van der Waals surface area contributed by atoms with Gasteiger partial charge in [-0.05, 0) is 125 Å². The Balaban J connectivity index is 1.20. The van der Waals surface area contributed by atoms with Crippen LogP contribution in [-0.2, 0) is 76.6 Å². The fourth-order valence-electron chi connectivity index (χ4n) is 16.0. The number of hydrogen-bond acceptors (Lipinski definition) is 13. The van der Waals surface area contributed by atoms with Crippen LogP contribution in [0.5, 0.6) is 0 Å². The highest BCUT2D eigenvalue weighted by Gasteiger charge is 2.51. The Labute approximate surface area is 614 Å². The number of pyridine rings is 1. The highest BCUT2D eigenvalue weighted by Crippen LogP contribution is 2.39. The number of aromatic nitrogens is 1. The molecule has 574 valence electrons. The molecular formula is C75H109ClF3N13O12. The molecule has 0 bridgehead atoms. The number of aryl methyl sites for hydroxylation is 1. The summed E-state index contributed by atoms with van der Waals surface area (Å²) in [4.78, 5) is 196. The van der Waals surface area contributed by atoms with Crippen molar-refractivity contribution in [3.63, 3.8) is 0 Å². The van der Waals surface area contributed by atoms with Crippen LogP contribution in [-0.4, -0.2) is 256 Å². The van der Waals surface area contributed by atoms with E-state index in [1.54, 1.807) is 24.0 Å². The second-order valence-electron chi connectivity index (χ2n) is 30.1. The molecule has 1 spiro atoms. The zero-order valence-electron chi connectivity index (χ0n) is 62.3. The molecular weight excluding hydrogens is 1370 g/mol. The van der Waals surface area contributed by atoms with Crippen LogP contribution in [0.1, 0.15) is 179 Å². The number of carbonyl (C=O) groups is 12. The summed E-state index contributed by atoms with van der Waals surface area (Å²) in [5, 5.41) is 8.10. The lowest BCUT2D eigenvalue weighted by molar-refractivity contribution is -0.158. The highest BCUT2D eigenvalue weighted by molar-refractivity contribution is 6.31. The van der Waals surface area contributed by atoms with Gasteiger partial charge in [-0.15, -0.1) is 0 Å². The van der Waals surface area contributed by atoms with E-state index in [-0.39, 0.29) is 63.0 Å². The lowest BCUT2D eigenvalue weighted by Gasteiger charge is -2.44. The Hall–Kier alpha value is -7.91.